The Morgan fingerprint density at radius 1 is 1.44 bits per heavy atom. The summed E-state index contributed by atoms with van der Waals surface area (Å²) in [6, 6.07) is 0. The van der Waals surface area contributed by atoms with E-state index in [0.717, 1.165) is 6.42 Å². The largest absolute Gasteiger partial charge is 0.228 e. The summed E-state index contributed by atoms with van der Waals surface area (Å²) in [5.74, 6) is 0. The highest BCUT2D eigenvalue weighted by Gasteiger charge is 2.08. The van der Waals surface area contributed by atoms with Crippen molar-refractivity contribution in [3.63, 3.8) is 0 Å². The molecule has 0 radical (unpaired) electrons. The van der Waals surface area contributed by atoms with Crippen LogP contribution >= 0.6 is 11.9 Å². The van der Waals surface area contributed by atoms with Gasteiger partial charge in [-0.2, -0.15) is 0 Å². The Morgan fingerprint density at radius 2 is 2.00 bits per heavy atom. The van der Waals surface area contributed by atoms with Crippen molar-refractivity contribution in [2.75, 3.05) is 0 Å². The molecule has 0 aliphatic heterocycles. The Hall–Kier alpha value is 0.0200. The van der Waals surface area contributed by atoms with Gasteiger partial charge in [0.25, 0.3) is 0 Å². The number of hydrogen-bond donors (Lipinski definition) is 0. The summed E-state index contributed by atoms with van der Waals surface area (Å²) in [7, 11) is 0. The average Bonchev–Trinajstić information content (AvgIpc) is 1.63. The summed E-state index contributed by atoms with van der Waals surface area (Å²) < 4.78 is 4.42. The predicted octanol–water partition coefficient (Wildman–Crippen LogP) is 2.91. The van der Waals surface area contributed by atoms with Crippen molar-refractivity contribution in [2.24, 2.45) is 4.40 Å². The molecule has 0 aromatic carbocycles. The first-order valence-corrected chi connectivity index (χ1v) is 4.03. The van der Waals surface area contributed by atoms with E-state index in [-0.39, 0.29) is 4.75 Å². The van der Waals surface area contributed by atoms with Gasteiger partial charge >= 0.3 is 0 Å². The first kappa shape index (κ1) is 9.02. The van der Waals surface area contributed by atoms with Crippen LogP contribution in [0.15, 0.2) is 4.40 Å². The second-order valence-electron chi connectivity index (χ2n) is 2.90. The first-order chi connectivity index (χ1) is 4.06. The van der Waals surface area contributed by atoms with E-state index in [4.69, 9.17) is 0 Å². The van der Waals surface area contributed by atoms with Gasteiger partial charge in [0.15, 0.2) is 0 Å². The molecule has 54 valence electrons. The molecule has 0 aliphatic carbocycles. The lowest BCUT2D eigenvalue weighted by atomic mass is 10.3. The van der Waals surface area contributed by atoms with Crippen molar-refractivity contribution < 1.29 is 0 Å². The van der Waals surface area contributed by atoms with Crippen LogP contribution in [0.2, 0.25) is 0 Å². The molecule has 9 heavy (non-hydrogen) atoms. The molecule has 0 fully saturated rings. The molecule has 0 aromatic rings. The molecule has 0 saturated heterocycles. The van der Waals surface area contributed by atoms with Gasteiger partial charge < -0.3 is 0 Å². The first-order valence-electron chi connectivity index (χ1n) is 3.26. The van der Waals surface area contributed by atoms with Gasteiger partial charge in [-0.3, -0.25) is 0 Å². The van der Waals surface area contributed by atoms with Gasteiger partial charge in [-0.05, 0) is 39.1 Å². The molecule has 0 aliphatic rings. The van der Waals surface area contributed by atoms with E-state index in [1.54, 1.807) is 11.9 Å². The molecule has 2 heteroatoms. The third-order valence-electron chi connectivity index (χ3n) is 0.584. The maximum absolute atomic E-state index is 4.15. The van der Waals surface area contributed by atoms with Crippen LogP contribution in [0.1, 0.15) is 34.1 Å². The third kappa shape index (κ3) is 8.02. The molecule has 0 bridgehead atoms. The number of nitrogens with zero attached hydrogens (tertiary/aromatic N) is 1. The lowest BCUT2D eigenvalue weighted by Crippen LogP contribution is -2.04. The molecule has 0 atom stereocenters. The Balaban J connectivity index is 3.38. The summed E-state index contributed by atoms with van der Waals surface area (Å²) in [4.78, 5) is 0. The van der Waals surface area contributed by atoms with Crippen molar-refractivity contribution in [3.8, 4) is 0 Å². The highest BCUT2D eigenvalue weighted by molar-refractivity contribution is 7.99. The monoisotopic (exact) mass is 145 g/mol. The molecule has 0 unspecified atom stereocenters. The molecular weight excluding hydrogens is 130 g/mol. The lowest BCUT2D eigenvalue weighted by Gasteiger charge is -2.11. The molecule has 1 nitrogen and oxygen atoms in total. The van der Waals surface area contributed by atoms with Crippen LogP contribution in [-0.2, 0) is 0 Å². The van der Waals surface area contributed by atoms with E-state index in [2.05, 4.69) is 32.1 Å². The fourth-order valence-corrected chi connectivity index (χ4v) is 0.810. The van der Waals surface area contributed by atoms with E-state index in [1.165, 1.54) is 0 Å². The van der Waals surface area contributed by atoms with Crippen LogP contribution in [0.4, 0.5) is 0 Å². The van der Waals surface area contributed by atoms with Crippen molar-refractivity contribution in [1.82, 2.24) is 0 Å². The van der Waals surface area contributed by atoms with E-state index >= 15 is 0 Å². The second-order valence-corrected chi connectivity index (χ2v) is 4.52. The molecule has 0 spiro atoms. The standard InChI is InChI=1S/C7H15NS/c1-5-6-8-9-7(2,3)4/h6H,5H2,1-4H3. The third-order valence-corrected chi connectivity index (χ3v) is 1.39. The maximum Gasteiger partial charge on any atom is 0.0294 e. The molecule has 0 amide bonds. The Bertz CT molecular complexity index is 91.6. The highest BCUT2D eigenvalue weighted by atomic mass is 32.2. The van der Waals surface area contributed by atoms with Crippen LogP contribution in [0, 0.1) is 0 Å². The van der Waals surface area contributed by atoms with Crippen LogP contribution in [0.3, 0.4) is 0 Å². The van der Waals surface area contributed by atoms with E-state index < -0.39 is 0 Å². The summed E-state index contributed by atoms with van der Waals surface area (Å²) in [5, 5.41) is 0. The van der Waals surface area contributed by atoms with Crippen molar-refractivity contribution >= 4 is 18.2 Å². The van der Waals surface area contributed by atoms with Gasteiger partial charge in [0.05, 0.1) is 0 Å². The van der Waals surface area contributed by atoms with E-state index in [9.17, 15) is 0 Å². The summed E-state index contributed by atoms with van der Waals surface area (Å²) >= 11 is 1.63. The van der Waals surface area contributed by atoms with Gasteiger partial charge in [0, 0.05) is 11.0 Å². The Labute approximate surface area is 62.1 Å². The Kier molecular flexibility index (Phi) is 3.95. The fraction of sp³-hybridized carbons (Fsp3) is 0.857. The van der Waals surface area contributed by atoms with Crippen LogP contribution < -0.4 is 0 Å². The van der Waals surface area contributed by atoms with Gasteiger partial charge in [-0.15, -0.1) is 0 Å². The molecule has 0 N–H and O–H groups in total. The van der Waals surface area contributed by atoms with Crippen molar-refractivity contribution in [2.45, 2.75) is 38.9 Å². The van der Waals surface area contributed by atoms with E-state index in [0.29, 0.717) is 0 Å². The number of rotatable bonds is 2. The minimum Gasteiger partial charge on any atom is -0.228 e. The zero-order valence-corrected chi connectivity index (χ0v) is 7.46. The number of hydrogen-bond acceptors (Lipinski definition) is 2. The average molecular weight is 145 g/mol. The fourth-order valence-electron chi connectivity index (χ4n) is 0.270. The van der Waals surface area contributed by atoms with Crippen molar-refractivity contribution in [3.05, 3.63) is 0 Å². The highest BCUT2D eigenvalue weighted by Crippen LogP contribution is 2.23. The molecule has 0 heterocycles. The SMILES string of the molecule is CCC=NSC(C)(C)C. The summed E-state index contributed by atoms with van der Waals surface area (Å²) in [6.07, 6.45) is 2.97. The van der Waals surface area contributed by atoms with Crippen LogP contribution in [0.5, 0.6) is 0 Å². The summed E-state index contributed by atoms with van der Waals surface area (Å²) in [5.41, 5.74) is 0. The molecule has 0 saturated carbocycles. The quantitative estimate of drug-likeness (QED) is 0.430. The predicted molar refractivity (Wildman–Crippen MR) is 46.1 cm³/mol. The molecule has 0 aromatic heterocycles. The molecule has 0 rings (SSSR count). The van der Waals surface area contributed by atoms with Crippen molar-refractivity contribution in [1.29, 1.82) is 0 Å². The van der Waals surface area contributed by atoms with Gasteiger partial charge in [0.1, 0.15) is 0 Å². The van der Waals surface area contributed by atoms with Gasteiger partial charge in [0.2, 0.25) is 0 Å². The lowest BCUT2D eigenvalue weighted by molar-refractivity contribution is 0.804. The maximum atomic E-state index is 4.15. The Morgan fingerprint density at radius 3 is 2.33 bits per heavy atom. The minimum atomic E-state index is 0.270. The van der Waals surface area contributed by atoms with E-state index in [1.807, 2.05) is 6.21 Å². The molecular formula is C7H15NS. The van der Waals surface area contributed by atoms with Gasteiger partial charge in [-0.1, -0.05) is 6.92 Å². The zero-order chi connectivity index (χ0) is 7.33. The second kappa shape index (κ2) is 3.94. The zero-order valence-electron chi connectivity index (χ0n) is 6.64. The smallest absolute Gasteiger partial charge is 0.0294 e. The van der Waals surface area contributed by atoms with Crippen LogP contribution in [-0.4, -0.2) is 11.0 Å². The summed E-state index contributed by atoms with van der Waals surface area (Å²) in [6.45, 7) is 8.56. The van der Waals surface area contributed by atoms with Crippen LogP contribution in [0.25, 0.3) is 0 Å². The minimum absolute atomic E-state index is 0.270. The normalized spacial score (nSPS) is 12.9. The topological polar surface area (TPSA) is 12.4 Å². The van der Waals surface area contributed by atoms with Gasteiger partial charge in [-0.25, -0.2) is 4.40 Å².